The van der Waals surface area contributed by atoms with Gasteiger partial charge in [0, 0.05) is 0 Å². The molecule has 0 aromatic rings. The summed E-state index contributed by atoms with van der Waals surface area (Å²) in [6.07, 6.45) is 0. The minimum absolute atomic E-state index is 0. The number of hydrogen-bond donors (Lipinski definition) is 2. The van der Waals surface area contributed by atoms with Gasteiger partial charge < -0.3 is 0 Å². The van der Waals surface area contributed by atoms with Gasteiger partial charge in [0.05, 0.1) is 0 Å². The molecule has 0 spiro atoms. The Morgan fingerprint density at radius 2 is 0.643 bits per heavy atom. The van der Waals surface area contributed by atoms with Gasteiger partial charge in [0.15, 0.2) is 0 Å². The van der Waals surface area contributed by atoms with Gasteiger partial charge in [-0.1, -0.05) is 0 Å². The average Bonchev–Trinajstić information content (AvgIpc) is 1.59. The molecule has 0 amide bonds. The van der Waals surface area contributed by atoms with Crippen molar-refractivity contribution in [2.24, 2.45) is 0 Å². The molecule has 0 aliphatic rings. The molecule has 0 radical (unpaired) electrons. The summed E-state index contributed by atoms with van der Waals surface area (Å²) in [5.74, 6) is 0. The molecule has 0 aromatic heterocycles. The Morgan fingerprint density at radius 1 is 0.643 bits per heavy atom. The van der Waals surface area contributed by atoms with Crippen molar-refractivity contribution < 1.29 is 127 Å². The summed E-state index contributed by atoms with van der Waals surface area (Å²) >= 11 is -11.2. The Labute approximate surface area is 125 Å². The van der Waals surface area contributed by atoms with Crippen LogP contribution in [-0.4, -0.2) is 10.5 Å². The molecule has 14 heavy (non-hydrogen) atoms. The SMILES string of the molecule is OO.[Na+].[Na+].[O]=[Mn](=[O])(=[O])[O-].[O]=[Mn](=[O])(=[O])[O-]. The third kappa shape index (κ3) is 780. The second-order valence-electron chi connectivity index (χ2n) is 0.756. The molecule has 0 saturated heterocycles. The molecule has 0 fully saturated rings. The fraction of sp³-hybridized carbons (Fsp3) is 0. The molecule has 0 heterocycles. The Kier molecular flexibility index (Phi) is 31.1. The first-order chi connectivity index (χ1) is 5.00. The topological polar surface area (TPSA) is 189 Å². The van der Waals surface area contributed by atoms with Crippen molar-refractivity contribution in [3.63, 3.8) is 0 Å². The summed E-state index contributed by atoms with van der Waals surface area (Å²) in [6, 6.07) is 0. The van der Waals surface area contributed by atoms with Gasteiger partial charge in [0.25, 0.3) is 0 Å². The van der Waals surface area contributed by atoms with Crippen LogP contribution >= 0.6 is 0 Å². The van der Waals surface area contributed by atoms with Crippen LogP contribution < -0.4 is 67.5 Å². The molecule has 0 saturated carbocycles. The van der Waals surface area contributed by atoms with Crippen molar-refractivity contribution in [1.29, 1.82) is 0 Å². The van der Waals surface area contributed by atoms with Crippen LogP contribution in [0.4, 0.5) is 0 Å². The standard InChI is InChI=1S/2Mn.2Na.H2O2.8O/c;;;;1-2;;;;;;;;/h;;;;1-2H;;;;;;;;/q;;2*+1;;;;;;;;2*-1. The van der Waals surface area contributed by atoms with Crippen LogP contribution in [0.3, 0.4) is 0 Å². The predicted octanol–water partition coefficient (Wildman–Crippen LogP) is -9.07. The summed E-state index contributed by atoms with van der Waals surface area (Å²) in [4.78, 5) is 0. The van der Waals surface area contributed by atoms with Crippen molar-refractivity contribution >= 4 is 0 Å². The van der Waals surface area contributed by atoms with Gasteiger partial charge in [-0.15, -0.1) is 0 Å². The van der Waals surface area contributed by atoms with E-state index < -0.39 is 25.9 Å². The number of rotatable bonds is 0. The second-order valence-corrected chi connectivity index (χ2v) is 3.12. The first-order valence-corrected chi connectivity index (χ1v) is 5.29. The van der Waals surface area contributed by atoms with Crippen molar-refractivity contribution in [2.75, 3.05) is 0 Å². The molecule has 0 rings (SSSR count). The maximum atomic E-state index is 8.58. The van der Waals surface area contributed by atoms with E-state index in [-0.39, 0.29) is 59.1 Å². The predicted molar refractivity (Wildman–Crippen MR) is 9.38 cm³/mol. The maximum absolute atomic E-state index is 8.58. The van der Waals surface area contributed by atoms with E-state index in [2.05, 4.69) is 0 Å². The van der Waals surface area contributed by atoms with Crippen LogP contribution in [0.5, 0.6) is 0 Å². The third-order valence-corrected chi connectivity index (χ3v) is 0. The molecule has 0 bridgehead atoms. The van der Waals surface area contributed by atoms with Crippen molar-refractivity contribution in [3.05, 3.63) is 0 Å². The minimum atomic E-state index is -5.62. The Bertz CT molecular complexity index is 300. The van der Waals surface area contributed by atoms with E-state index in [9.17, 15) is 0 Å². The van der Waals surface area contributed by atoms with Crippen molar-refractivity contribution in [3.8, 4) is 0 Å². The van der Waals surface area contributed by atoms with Gasteiger partial charge in [0.1, 0.15) is 0 Å². The van der Waals surface area contributed by atoms with E-state index in [0.717, 1.165) is 0 Å². The van der Waals surface area contributed by atoms with Crippen molar-refractivity contribution in [2.45, 2.75) is 0 Å². The fourth-order valence-electron chi connectivity index (χ4n) is 0. The summed E-state index contributed by atoms with van der Waals surface area (Å²) in [5, 5.41) is 12.0. The van der Waals surface area contributed by atoms with E-state index in [0.29, 0.717) is 0 Å². The summed E-state index contributed by atoms with van der Waals surface area (Å²) in [5.41, 5.74) is 0. The van der Waals surface area contributed by atoms with Crippen molar-refractivity contribution in [1.82, 2.24) is 0 Å². The molecule has 10 nitrogen and oxygen atoms in total. The first-order valence-electron chi connectivity index (χ1n) is 1.43. The van der Waals surface area contributed by atoms with Gasteiger partial charge in [-0.3, -0.25) is 10.5 Å². The Morgan fingerprint density at radius 3 is 0.643 bits per heavy atom. The summed E-state index contributed by atoms with van der Waals surface area (Å²) in [7, 11) is 0. The Balaban J connectivity index is -0.0000000292. The zero-order chi connectivity index (χ0) is 11.0. The van der Waals surface area contributed by atoms with Crippen LogP contribution in [0.1, 0.15) is 0 Å². The molecule has 0 unspecified atom stereocenters. The number of hydrogen-bond acceptors (Lipinski definition) is 10. The first kappa shape index (κ1) is 29.6. The molecule has 0 aromatic carbocycles. The van der Waals surface area contributed by atoms with Crippen LogP contribution in [-0.2, 0) is 48.9 Å². The molecule has 78 valence electrons. The second kappa shape index (κ2) is 14.7. The molecule has 0 aliphatic carbocycles. The van der Waals surface area contributed by atoms with E-state index in [1.165, 1.54) is 0 Å². The van der Waals surface area contributed by atoms with Crippen LogP contribution in [0.2, 0.25) is 0 Å². The zero-order valence-electron chi connectivity index (χ0n) is 6.92. The van der Waals surface area contributed by atoms with Gasteiger partial charge in [-0.2, -0.15) is 0 Å². The van der Waals surface area contributed by atoms with Gasteiger partial charge >= 0.3 is 116 Å². The van der Waals surface area contributed by atoms with Crippen LogP contribution in [0, 0.1) is 0 Å². The fourth-order valence-corrected chi connectivity index (χ4v) is 0. The van der Waals surface area contributed by atoms with E-state index >= 15 is 0 Å². The normalized spacial score (nSPS) is 8.57. The van der Waals surface area contributed by atoms with E-state index in [1.807, 2.05) is 0 Å². The van der Waals surface area contributed by atoms with Gasteiger partial charge in [-0.05, 0) is 0 Å². The quantitative estimate of drug-likeness (QED) is 0.246. The molecule has 0 atom stereocenters. The Hall–Kier alpha value is 1.68. The molecular weight excluding hydrogens is 316 g/mol. The monoisotopic (exact) mass is 318 g/mol. The molecule has 2 N–H and O–H groups in total. The van der Waals surface area contributed by atoms with Crippen LogP contribution in [0.15, 0.2) is 0 Å². The average molecular weight is 318 g/mol. The van der Waals surface area contributed by atoms with Gasteiger partial charge in [-0.25, -0.2) is 0 Å². The zero-order valence-corrected chi connectivity index (χ0v) is 13.3. The van der Waals surface area contributed by atoms with E-state index in [1.54, 1.807) is 0 Å². The molecule has 0 aliphatic heterocycles. The summed E-state index contributed by atoms with van der Waals surface area (Å²) in [6.45, 7) is 0. The molecular formula is H2Mn2Na2O10. The van der Waals surface area contributed by atoms with E-state index in [4.69, 9.17) is 41.9 Å². The summed E-state index contributed by atoms with van der Waals surface area (Å²) < 4.78 is 68.6. The van der Waals surface area contributed by atoms with Crippen LogP contribution in [0.25, 0.3) is 0 Å². The molecule has 14 heteroatoms. The third-order valence-electron chi connectivity index (χ3n) is 0. The van der Waals surface area contributed by atoms with Gasteiger partial charge in [0.2, 0.25) is 0 Å².